The highest BCUT2D eigenvalue weighted by Gasteiger charge is 2.13. The summed E-state index contributed by atoms with van der Waals surface area (Å²) in [6.45, 7) is 0.382. The van der Waals surface area contributed by atoms with Crippen LogP contribution >= 0.6 is 0 Å². The van der Waals surface area contributed by atoms with E-state index in [-0.39, 0.29) is 18.7 Å². The normalized spacial score (nSPS) is 10.6. The second-order valence-electron chi connectivity index (χ2n) is 6.02. The van der Waals surface area contributed by atoms with Gasteiger partial charge in [-0.05, 0) is 11.6 Å². The summed E-state index contributed by atoms with van der Waals surface area (Å²) in [6, 6.07) is 13.5. The third-order valence-corrected chi connectivity index (χ3v) is 3.87. The van der Waals surface area contributed by atoms with Gasteiger partial charge in [0.1, 0.15) is 12.3 Å². The summed E-state index contributed by atoms with van der Waals surface area (Å²) < 4.78 is 33.5. The minimum atomic E-state index is -0.914. The average Bonchev–Trinajstić information content (AvgIpc) is 3.12. The van der Waals surface area contributed by atoms with E-state index in [9.17, 15) is 13.6 Å². The molecule has 0 aliphatic heterocycles. The van der Waals surface area contributed by atoms with Crippen molar-refractivity contribution < 1.29 is 18.3 Å². The standard InChI is InChI=1S/C19H18F2N4O2/c1-24(10-14-6-3-2-4-7-14)19(26)27-13-16-12-25(23-22-16)11-15-8-5-9-17(20)18(15)21/h2-9,12H,10-11,13H2,1H3. The van der Waals surface area contributed by atoms with Gasteiger partial charge in [0, 0.05) is 19.2 Å². The molecular formula is C19H18F2N4O2. The van der Waals surface area contributed by atoms with Crippen LogP contribution in [-0.4, -0.2) is 33.0 Å². The van der Waals surface area contributed by atoms with Crippen molar-refractivity contribution in [2.45, 2.75) is 19.7 Å². The van der Waals surface area contributed by atoms with Gasteiger partial charge in [0.15, 0.2) is 11.6 Å². The zero-order chi connectivity index (χ0) is 19.2. The average molecular weight is 372 g/mol. The van der Waals surface area contributed by atoms with Gasteiger partial charge in [-0.3, -0.25) is 0 Å². The molecule has 140 valence electrons. The van der Waals surface area contributed by atoms with Gasteiger partial charge in [-0.2, -0.15) is 0 Å². The molecule has 0 saturated heterocycles. The number of amides is 1. The molecule has 6 nitrogen and oxygen atoms in total. The van der Waals surface area contributed by atoms with Gasteiger partial charge in [-0.25, -0.2) is 18.3 Å². The second kappa shape index (κ2) is 8.39. The number of aromatic nitrogens is 3. The van der Waals surface area contributed by atoms with Crippen molar-refractivity contribution >= 4 is 6.09 Å². The Hall–Kier alpha value is -3.29. The first-order valence-corrected chi connectivity index (χ1v) is 8.26. The summed E-state index contributed by atoms with van der Waals surface area (Å²) in [4.78, 5) is 13.5. The summed E-state index contributed by atoms with van der Waals surface area (Å²) >= 11 is 0. The first-order valence-electron chi connectivity index (χ1n) is 8.26. The molecule has 0 aliphatic carbocycles. The van der Waals surface area contributed by atoms with Gasteiger partial charge >= 0.3 is 6.09 Å². The van der Waals surface area contributed by atoms with Crippen LogP contribution in [0.2, 0.25) is 0 Å². The third kappa shape index (κ3) is 4.87. The number of ether oxygens (including phenoxy) is 1. The van der Waals surface area contributed by atoms with E-state index < -0.39 is 17.7 Å². The zero-order valence-corrected chi connectivity index (χ0v) is 14.7. The van der Waals surface area contributed by atoms with E-state index in [0.29, 0.717) is 12.2 Å². The predicted molar refractivity (Wildman–Crippen MR) is 93.6 cm³/mol. The van der Waals surface area contributed by atoms with E-state index >= 15 is 0 Å². The Kier molecular flexibility index (Phi) is 5.75. The lowest BCUT2D eigenvalue weighted by molar-refractivity contribution is 0.101. The van der Waals surface area contributed by atoms with Crippen molar-refractivity contribution in [1.82, 2.24) is 19.9 Å². The molecule has 27 heavy (non-hydrogen) atoms. The Morgan fingerprint density at radius 3 is 2.70 bits per heavy atom. The summed E-state index contributed by atoms with van der Waals surface area (Å²) in [5, 5.41) is 7.73. The minimum absolute atomic E-state index is 0.0262. The number of hydrogen-bond acceptors (Lipinski definition) is 4. The fraction of sp³-hybridized carbons (Fsp3) is 0.211. The number of benzene rings is 2. The van der Waals surface area contributed by atoms with Crippen molar-refractivity contribution in [1.29, 1.82) is 0 Å². The summed E-state index contributed by atoms with van der Waals surface area (Å²) in [5.74, 6) is -1.83. The van der Waals surface area contributed by atoms with Crippen LogP contribution in [0.25, 0.3) is 0 Å². The highest BCUT2D eigenvalue weighted by Crippen LogP contribution is 2.13. The van der Waals surface area contributed by atoms with E-state index in [0.717, 1.165) is 11.6 Å². The van der Waals surface area contributed by atoms with Crippen molar-refractivity contribution in [2.75, 3.05) is 7.05 Å². The van der Waals surface area contributed by atoms with Crippen LogP contribution < -0.4 is 0 Å². The van der Waals surface area contributed by atoms with E-state index in [1.165, 1.54) is 27.9 Å². The lowest BCUT2D eigenvalue weighted by Gasteiger charge is -2.16. The van der Waals surface area contributed by atoms with Crippen molar-refractivity contribution in [3.8, 4) is 0 Å². The SMILES string of the molecule is CN(Cc1ccccc1)C(=O)OCc1cn(Cc2cccc(F)c2F)nn1. The molecule has 0 unspecified atom stereocenters. The fourth-order valence-electron chi connectivity index (χ4n) is 2.49. The zero-order valence-electron chi connectivity index (χ0n) is 14.7. The van der Waals surface area contributed by atoms with Gasteiger partial charge in [0.25, 0.3) is 0 Å². The number of rotatable bonds is 6. The molecule has 0 bridgehead atoms. The molecule has 8 heteroatoms. The number of carbonyl (C=O) groups excluding carboxylic acids is 1. The number of halogens is 2. The quantitative estimate of drug-likeness (QED) is 0.666. The second-order valence-corrected chi connectivity index (χ2v) is 6.02. The van der Waals surface area contributed by atoms with Crippen LogP contribution in [0.1, 0.15) is 16.8 Å². The topological polar surface area (TPSA) is 60.2 Å². The molecular weight excluding hydrogens is 354 g/mol. The molecule has 1 amide bonds. The monoisotopic (exact) mass is 372 g/mol. The molecule has 0 aliphatic rings. The van der Waals surface area contributed by atoms with E-state index in [1.807, 2.05) is 30.3 Å². The molecule has 0 fully saturated rings. The van der Waals surface area contributed by atoms with Crippen LogP contribution in [0, 0.1) is 11.6 Å². The van der Waals surface area contributed by atoms with Crippen LogP contribution in [0.15, 0.2) is 54.7 Å². The molecule has 1 heterocycles. The van der Waals surface area contributed by atoms with Crippen molar-refractivity contribution in [3.05, 3.63) is 83.2 Å². The summed E-state index contributed by atoms with van der Waals surface area (Å²) in [5.41, 5.74) is 1.55. The van der Waals surface area contributed by atoms with Gasteiger partial charge in [-0.1, -0.05) is 47.7 Å². The first-order chi connectivity index (χ1) is 13.0. The maximum Gasteiger partial charge on any atom is 0.410 e. The molecule has 0 radical (unpaired) electrons. The van der Waals surface area contributed by atoms with Gasteiger partial charge < -0.3 is 9.64 Å². The fourth-order valence-corrected chi connectivity index (χ4v) is 2.49. The van der Waals surface area contributed by atoms with Crippen LogP contribution in [-0.2, 0) is 24.4 Å². The predicted octanol–water partition coefficient (Wildman–Crippen LogP) is 3.37. The van der Waals surface area contributed by atoms with Gasteiger partial charge in [0.2, 0.25) is 0 Å². The lowest BCUT2D eigenvalue weighted by atomic mass is 10.2. The largest absolute Gasteiger partial charge is 0.443 e. The third-order valence-electron chi connectivity index (χ3n) is 3.87. The Balaban J connectivity index is 1.53. The van der Waals surface area contributed by atoms with E-state index in [1.54, 1.807) is 7.05 Å². The lowest BCUT2D eigenvalue weighted by Crippen LogP contribution is -2.26. The molecule has 0 saturated carbocycles. The first kappa shape index (κ1) is 18.5. The summed E-state index contributed by atoms with van der Waals surface area (Å²) in [6.07, 6.45) is 1.03. The van der Waals surface area contributed by atoms with E-state index in [2.05, 4.69) is 10.3 Å². The molecule has 1 aromatic heterocycles. The molecule has 2 aromatic carbocycles. The Morgan fingerprint density at radius 1 is 1.15 bits per heavy atom. The maximum atomic E-state index is 13.7. The molecule has 0 spiro atoms. The van der Waals surface area contributed by atoms with Crippen LogP contribution in [0.5, 0.6) is 0 Å². The van der Waals surface area contributed by atoms with Crippen molar-refractivity contribution in [3.63, 3.8) is 0 Å². The molecule has 3 rings (SSSR count). The maximum absolute atomic E-state index is 13.7. The Bertz CT molecular complexity index is 915. The summed E-state index contributed by atoms with van der Waals surface area (Å²) in [7, 11) is 1.64. The highest BCUT2D eigenvalue weighted by atomic mass is 19.2. The smallest absolute Gasteiger partial charge is 0.410 e. The van der Waals surface area contributed by atoms with Crippen molar-refractivity contribution in [2.24, 2.45) is 0 Å². The number of carbonyl (C=O) groups is 1. The van der Waals surface area contributed by atoms with Gasteiger partial charge in [-0.15, -0.1) is 5.10 Å². The number of nitrogens with zero attached hydrogens (tertiary/aromatic N) is 4. The molecule has 0 N–H and O–H groups in total. The highest BCUT2D eigenvalue weighted by molar-refractivity contribution is 5.67. The molecule has 3 aromatic rings. The van der Waals surface area contributed by atoms with Gasteiger partial charge in [0.05, 0.1) is 12.7 Å². The Labute approximate surface area is 155 Å². The van der Waals surface area contributed by atoms with Crippen LogP contribution in [0.3, 0.4) is 0 Å². The Morgan fingerprint density at radius 2 is 1.93 bits per heavy atom. The van der Waals surface area contributed by atoms with Crippen LogP contribution in [0.4, 0.5) is 13.6 Å². The number of hydrogen-bond donors (Lipinski definition) is 0. The van der Waals surface area contributed by atoms with E-state index in [4.69, 9.17) is 4.74 Å². The molecule has 0 atom stereocenters. The minimum Gasteiger partial charge on any atom is -0.443 e.